The molecule has 240 valence electrons. The largest absolute Gasteiger partial charge is 0.486 e. The number of ether oxygens (including phenoxy) is 4. The Morgan fingerprint density at radius 2 is 1.72 bits per heavy atom. The van der Waals surface area contributed by atoms with E-state index >= 15 is 0 Å². The maximum absolute atomic E-state index is 13.3. The number of hydrogen-bond acceptors (Lipinski definition) is 9. The van der Waals surface area contributed by atoms with E-state index in [2.05, 4.69) is 32.0 Å². The molecule has 1 aliphatic heterocycles. The molecule has 4 aromatic rings. The number of aromatic nitrogens is 2. The molecule has 0 atom stereocenters. The second-order valence-electron chi connectivity index (χ2n) is 11.5. The van der Waals surface area contributed by atoms with E-state index in [9.17, 15) is 9.59 Å². The van der Waals surface area contributed by atoms with Crippen LogP contribution in [0.2, 0.25) is 0 Å². The minimum Gasteiger partial charge on any atom is -0.486 e. The standard InChI is InChI=1S/C35H39N5O6/c41-34(26-8-10-27(11-9-26)38-22-25-7-13-30-31(21-25)44-20-19-43-30)39-29-15-17-36-28-12-14-32(40-33(28)29)45-18-4-16-37-35(42)46-23-24-5-2-1-3-6-24/h1-3,5-7,12-15,17,21,26-27,38H,4,8-11,16,18-20,22-23H2,(H,37,42)(H,36,39,41). The number of nitrogens with one attached hydrogen (secondary N) is 3. The highest BCUT2D eigenvalue weighted by molar-refractivity contribution is 6.00. The van der Waals surface area contributed by atoms with E-state index in [1.165, 1.54) is 0 Å². The van der Waals surface area contributed by atoms with Crippen LogP contribution in [0.3, 0.4) is 0 Å². The lowest BCUT2D eigenvalue weighted by atomic mass is 9.85. The molecule has 2 aromatic heterocycles. The second kappa shape index (κ2) is 15.4. The molecule has 3 heterocycles. The second-order valence-corrected chi connectivity index (χ2v) is 11.5. The zero-order valence-corrected chi connectivity index (χ0v) is 25.7. The van der Waals surface area contributed by atoms with Crippen LogP contribution in [0.1, 0.15) is 43.2 Å². The lowest BCUT2D eigenvalue weighted by Crippen LogP contribution is -2.36. The molecule has 0 spiro atoms. The molecule has 46 heavy (non-hydrogen) atoms. The third kappa shape index (κ3) is 8.42. The van der Waals surface area contributed by atoms with Crippen molar-refractivity contribution in [2.75, 3.05) is 31.7 Å². The summed E-state index contributed by atoms with van der Waals surface area (Å²) in [6.45, 7) is 2.88. The fourth-order valence-corrected chi connectivity index (χ4v) is 5.66. The quantitative estimate of drug-likeness (QED) is 0.177. The van der Waals surface area contributed by atoms with Crippen molar-refractivity contribution in [3.8, 4) is 17.4 Å². The molecule has 11 nitrogen and oxygen atoms in total. The van der Waals surface area contributed by atoms with Crippen molar-refractivity contribution in [3.05, 3.63) is 84.1 Å². The Balaban J connectivity index is 0.933. The minimum absolute atomic E-state index is 0.00358. The van der Waals surface area contributed by atoms with Gasteiger partial charge in [-0.05, 0) is 67.5 Å². The number of nitrogens with zero attached hydrogens (tertiary/aromatic N) is 2. The van der Waals surface area contributed by atoms with E-state index in [4.69, 9.17) is 18.9 Å². The van der Waals surface area contributed by atoms with E-state index in [-0.39, 0.29) is 18.4 Å². The van der Waals surface area contributed by atoms with Crippen LogP contribution in [0.5, 0.6) is 17.4 Å². The van der Waals surface area contributed by atoms with Gasteiger partial charge in [-0.1, -0.05) is 36.4 Å². The molecule has 0 unspecified atom stereocenters. The smallest absolute Gasteiger partial charge is 0.407 e. The number of alkyl carbamates (subject to hydrolysis) is 1. The molecule has 0 saturated heterocycles. The summed E-state index contributed by atoms with van der Waals surface area (Å²) in [6, 6.07) is 21.3. The molecule has 1 saturated carbocycles. The van der Waals surface area contributed by atoms with E-state index in [1.54, 1.807) is 18.3 Å². The first-order valence-electron chi connectivity index (χ1n) is 15.9. The van der Waals surface area contributed by atoms with Crippen LogP contribution < -0.4 is 30.2 Å². The van der Waals surface area contributed by atoms with Gasteiger partial charge in [0.15, 0.2) is 11.5 Å². The number of anilines is 1. The van der Waals surface area contributed by atoms with Crippen molar-refractivity contribution in [2.45, 2.75) is 51.3 Å². The molecule has 2 aliphatic rings. The number of amides is 2. The highest BCUT2D eigenvalue weighted by atomic mass is 16.6. The van der Waals surface area contributed by atoms with Gasteiger partial charge in [0.25, 0.3) is 0 Å². The van der Waals surface area contributed by atoms with Crippen LogP contribution in [0.25, 0.3) is 11.0 Å². The van der Waals surface area contributed by atoms with Crippen LogP contribution in [-0.2, 0) is 22.7 Å². The number of pyridine rings is 2. The van der Waals surface area contributed by atoms with E-state index < -0.39 is 6.09 Å². The zero-order chi connectivity index (χ0) is 31.6. The lowest BCUT2D eigenvalue weighted by molar-refractivity contribution is -0.120. The average Bonchev–Trinajstić information content (AvgIpc) is 3.10. The summed E-state index contributed by atoms with van der Waals surface area (Å²) in [6.07, 6.45) is 5.24. The predicted octanol–water partition coefficient (Wildman–Crippen LogP) is 5.38. The Bertz CT molecular complexity index is 1630. The first-order chi connectivity index (χ1) is 22.6. The Morgan fingerprint density at radius 3 is 2.57 bits per heavy atom. The van der Waals surface area contributed by atoms with Gasteiger partial charge in [0, 0.05) is 37.3 Å². The van der Waals surface area contributed by atoms with E-state index in [0.29, 0.717) is 61.4 Å². The summed E-state index contributed by atoms with van der Waals surface area (Å²) in [7, 11) is 0. The summed E-state index contributed by atoms with van der Waals surface area (Å²) >= 11 is 0. The minimum atomic E-state index is -0.472. The first-order valence-corrected chi connectivity index (χ1v) is 15.9. The normalized spacial score (nSPS) is 17.2. The van der Waals surface area contributed by atoms with Gasteiger partial charge in [-0.25, -0.2) is 9.78 Å². The van der Waals surface area contributed by atoms with Gasteiger partial charge in [0.05, 0.1) is 17.8 Å². The van der Waals surface area contributed by atoms with Gasteiger partial charge in [0.1, 0.15) is 25.3 Å². The Hall–Kier alpha value is -4.90. The maximum atomic E-state index is 13.3. The zero-order valence-electron chi connectivity index (χ0n) is 25.7. The van der Waals surface area contributed by atoms with E-state index in [1.807, 2.05) is 48.5 Å². The number of hydrogen-bond donors (Lipinski definition) is 3. The summed E-state index contributed by atoms with van der Waals surface area (Å²) in [4.78, 5) is 34.2. The molecule has 1 aliphatic carbocycles. The highest BCUT2D eigenvalue weighted by Gasteiger charge is 2.27. The highest BCUT2D eigenvalue weighted by Crippen LogP contribution is 2.31. The van der Waals surface area contributed by atoms with Gasteiger partial charge < -0.3 is 34.9 Å². The van der Waals surface area contributed by atoms with Gasteiger partial charge in [-0.15, -0.1) is 0 Å². The molecule has 6 rings (SSSR count). The van der Waals surface area contributed by atoms with Crippen LogP contribution in [0.4, 0.5) is 10.5 Å². The van der Waals surface area contributed by atoms with Gasteiger partial charge in [0.2, 0.25) is 11.8 Å². The van der Waals surface area contributed by atoms with Crippen molar-refractivity contribution in [1.82, 2.24) is 20.6 Å². The van der Waals surface area contributed by atoms with Crippen molar-refractivity contribution < 1.29 is 28.5 Å². The SMILES string of the molecule is O=C(NCCCOc1ccc2nccc(NC(=O)C3CCC(NCc4ccc5c(c4)OCCO5)CC3)c2n1)OCc1ccccc1. The number of fused-ring (bicyclic) bond motifs is 2. The van der Waals surface area contributed by atoms with Gasteiger partial charge in [-0.2, -0.15) is 0 Å². The molecule has 1 fully saturated rings. The molecular formula is C35H39N5O6. The molecule has 3 N–H and O–H groups in total. The molecule has 2 amide bonds. The molecule has 11 heteroatoms. The van der Waals surface area contributed by atoms with Crippen molar-refractivity contribution in [3.63, 3.8) is 0 Å². The maximum Gasteiger partial charge on any atom is 0.407 e. The van der Waals surface area contributed by atoms with Crippen LogP contribution in [0, 0.1) is 5.92 Å². The summed E-state index contributed by atoms with van der Waals surface area (Å²) in [5.74, 6) is 1.95. The monoisotopic (exact) mass is 625 g/mol. The Morgan fingerprint density at radius 1 is 0.891 bits per heavy atom. The third-order valence-electron chi connectivity index (χ3n) is 8.17. The van der Waals surface area contributed by atoms with Gasteiger partial charge >= 0.3 is 6.09 Å². The van der Waals surface area contributed by atoms with Crippen LogP contribution >= 0.6 is 0 Å². The van der Waals surface area contributed by atoms with Crippen molar-refractivity contribution in [2.24, 2.45) is 5.92 Å². The summed E-state index contributed by atoms with van der Waals surface area (Å²) in [5.41, 5.74) is 3.94. The average molecular weight is 626 g/mol. The van der Waals surface area contributed by atoms with Crippen LogP contribution in [0.15, 0.2) is 72.9 Å². The first kappa shape index (κ1) is 31.1. The Labute approximate surface area is 268 Å². The summed E-state index contributed by atoms with van der Waals surface area (Å²) in [5, 5.41) is 9.46. The Kier molecular flexibility index (Phi) is 10.4. The molecule has 0 radical (unpaired) electrons. The van der Waals surface area contributed by atoms with Crippen LogP contribution in [-0.4, -0.2) is 54.4 Å². The number of rotatable bonds is 12. The van der Waals surface area contributed by atoms with Gasteiger partial charge in [-0.3, -0.25) is 9.78 Å². The third-order valence-corrected chi connectivity index (χ3v) is 8.17. The fraction of sp³-hybridized carbons (Fsp3) is 0.371. The van der Waals surface area contributed by atoms with Crippen molar-refractivity contribution in [1.29, 1.82) is 0 Å². The number of carbonyl (C=O) groups excluding carboxylic acids is 2. The molecular weight excluding hydrogens is 586 g/mol. The molecule has 2 aromatic carbocycles. The topological polar surface area (TPSA) is 133 Å². The number of carbonyl (C=O) groups is 2. The summed E-state index contributed by atoms with van der Waals surface area (Å²) < 4.78 is 22.4. The van der Waals surface area contributed by atoms with Crippen molar-refractivity contribution >= 4 is 28.7 Å². The fourth-order valence-electron chi connectivity index (χ4n) is 5.66. The lowest BCUT2D eigenvalue weighted by Gasteiger charge is -2.29. The van der Waals surface area contributed by atoms with E-state index in [0.717, 1.165) is 54.9 Å². The molecule has 0 bridgehead atoms. The number of benzene rings is 2. The predicted molar refractivity (Wildman–Crippen MR) is 173 cm³/mol.